The van der Waals surface area contributed by atoms with Gasteiger partial charge in [0, 0.05) is 4.83 Å². The van der Waals surface area contributed by atoms with Crippen molar-refractivity contribution in [3.8, 4) is 0 Å². The Labute approximate surface area is 94.8 Å². The van der Waals surface area contributed by atoms with Crippen LogP contribution in [-0.2, 0) is 0 Å². The third kappa shape index (κ3) is 2.38. The molecular formula is C13H17Br. The Morgan fingerprint density at radius 3 is 2.57 bits per heavy atom. The molecular weight excluding hydrogens is 236 g/mol. The Morgan fingerprint density at radius 2 is 2.00 bits per heavy atom. The van der Waals surface area contributed by atoms with Crippen LogP contribution in [0.1, 0.15) is 40.8 Å². The van der Waals surface area contributed by atoms with E-state index in [-0.39, 0.29) is 0 Å². The number of alkyl halides is 1. The molecule has 1 atom stereocenters. The molecule has 1 fully saturated rings. The zero-order valence-corrected chi connectivity index (χ0v) is 10.5. The van der Waals surface area contributed by atoms with E-state index in [4.69, 9.17) is 0 Å². The maximum Gasteiger partial charge on any atom is 0.0398 e. The van der Waals surface area contributed by atoms with E-state index >= 15 is 0 Å². The molecule has 0 N–H and O–H groups in total. The van der Waals surface area contributed by atoms with E-state index in [9.17, 15) is 0 Å². The minimum absolute atomic E-state index is 0.564. The van der Waals surface area contributed by atoms with Crippen molar-refractivity contribution in [1.29, 1.82) is 0 Å². The van der Waals surface area contributed by atoms with Crippen molar-refractivity contribution in [2.75, 3.05) is 0 Å². The highest BCUT2D eigenvalue weighted by atomic mass is 79.9. The Kier molecular flexibility index (Phi) is 2.96. The molecule has 0 heterocycles. The summed E-state index contributed by atoms with van der Waals surface area (Å²) in [4.78, 5) is 0.564. The summed E-state index contributed by atoms with van der Waals surface area (Å²) in [6.45, 7) is 4.36. The summed E-state index contributed by atoms with van der Waals surface area (Å²) in [5, 5.41) is 0. The third-order valence-corrected chi connectivity index (χ3v) is 4.03. The van der Waals surface area contributed by atoms with Crippen molar-refractivity contribution in [2.24, 2.45) is 5.92 Å². The van der Waals surface area contributed by atoms with Crippen molar-refractivity contribution in [3.63, 3.8) is 0 Å². The highest BCUT2D eigenvalue weighted by molar-refractivity contribution is 9.09. The van der Waals surface area contributed by atoms with Crippen LogP contribution in [0.25, 0.3) is 0 Å². The van der Waals surface area contributed by atoms with E-state index in [2.05, 4.69) is 48.0 Å². The fourth-order valence-electron chi connectivity index (χ4n) is 1.74. The number of benzene rings is 1. The van der Waals surface area contributed by atoms with Gasteiger partial charge in [-0.1, -0.05) is 47.0 Å². The van der Waals surface area contributed by atoms with Gasteiger partial charge in [-0.05, 0) is 42.9 Å². The zero-order chi connectivity index (χ0) is 10.1. The number of rotatable bonds is 3. The largest absolute Gasteiger partial charge is 0.0839 e. The van der Waals surface area contributed by atoms with Crippen LogP contribution in [0.2, 0.25) is 0 Å². The van der Waals surface area contributed by atoms with Crippen molar-refractivity contribution in [3.05, 3.63) is 34.9 Å². The van der Waals surface area contributed by atoms with Crippen LogP contribution in [0, 0.1) is 19.8 Å². The minimum atomic E-state index is 0.564. The predicted molar refractivity (Wildman–Crippen MR) is 64.9 cm³/mol. The first-order chi connectivity index (χ1) is 6.66. The summed E-state index contributed by atoms with van der Waals surface area (Å²) in [5.74, 6) is 0.987. The second-order valence-corrected chi connectivity index (χ2v) is 5.60. The van der Waals surface area contributed by atoms with Crippen LogP contribution in [-0.4, -0.2) is 0 Å². The fraction of sp³-hybridized carbons (Fsp3) is 0.538. The van der Waals surface area contributed by atoms with Crippen molar-refractivity contribution in [2.45, 2.75) is 37.9 Å². The summed E-state index contributed by atoms with van der Waals surface area (Å²) in [6.07, 6.45) is 4.18. The van der Waals surface area contributed by atoms with E-state index in [1.54, 1.807) is 0 Å². The zero-order valence-electron chi connectivity index (χ0n) is 8.89. The molecule has 0 aromatic heterocycles. The summed E-state index contributed by atoms with van der Waals surface area (Å²) >= 11 is 3.79. The summed E-state index contributed by atoms with van der Waals surface area (Å²) in [5.41, 5.74) is 4.24. The van der Waals surface area contributed by atoms with Gasteiger partial charge in [-0.3, -0.25) is 0 Å². The summed E-state index contributed by atoms with van der Waals surface area (Å²) < 4.78 is 0. The van der Waals surface area contributed by atoms with Gasteiger partial charge < -0.3 is 0 Å². The molecule has 0 radical (unpaired) electrons. The molecule has 76 valence electrons. The monoisotopic (exact) mass is 252 g/mol. The molecule has 1 aliphatic rings. The minimum Gasteiger partial charge on any atom is -0.0839 e. The average Bonchev–Trinajstić information content (AvgIpc) is 2.93. The Balaban J connectivity index is 2.10. The van der Waals surface area contributed by atoms with Crippen LogP contribution < -0.4 is 0 Å². The maximum atomic E-state index is 3.79. The van der Waals surface area contributed by atoms with Crippen LogP contribution in [0.3, 0.4) is 0 Å². The number of halogens is 1. The summed E-state index contributed by atoms with van der Waals surface area (Å²) in [6, 6.07) is 6.80. The molecule has 0 saturated heterocycles. The molecule has 1 aromatic rings. The van der Waals surface area contributed by atoms with Crippen LogP contribution in [0.15, 0.2) is 18.2 Å². The topological polar surface area (TPSA) is 0 Å². The lowest BCUT2D eigenvalue weighted by atomic mass is 10.0. The predicted octanol–water partition coefficient (Wildman–Crippen LogP) is 4.54. The lowest BCUT2D eigenvalue weighted by Crippen LogP contribution is -1.93. The molecule has 1 aromatic carbocycles. The molecule has 0 amide bonds. The normalized spacial score (nSPS) is 18.2. The van der Waals surface area contributed by atoms with E-state index < -0.39 is 0 Å². The van der Waals surface area contributed by atoms with E-state index in [1.165, 1.54) is 36.0 Å². The quantitative estimate of drug-likeness (QED) is 0.694. The smallest absolute Gasteiger partial charge is 0.0398 e. The molecule has 14 heavy (non-hydrogen) atoms. The van der Waals surface area contributed by atoms with Gasteiger partial charge in [-0.2, -0.15) is 0 Å². The molecule has 0 aliphatic heterocycles. The standard InChI is InChI=1S/C13H17Br/c1-9-3-6-12(7-10(9)2)13(14)8-11-4-5-11/h3,6-7,11,13H,4-5,8H2,1-2H3. The summed E-state index contributed by atoms with van der Waals surface area (Å²) in [7, 11) is 0. The third-order valence-electron chi connectivity index (χ3n) is 3.13. The molecule has 1 unspecified atom stereocenters. The highest BCUT2D eigenvalue weighted by Gasteiger charge is 2.24. The van der Waals surface area contributed by atoms with E-state index in [0.717, 1.165) is 5.92 Å². The SMILES string of the molecule is Cc1ccc(C(Br)CC2CC2)cc1C. The van der Waals surface area contributed by atoms with Crippen LogP contribution >= 0.6 is 15.9 Å². The van der Waals surface area contributed by atoms with Crippen LogP contribution in [0.4, 0.5) is 0 Å². The first kappa shape index (κ1) is 10.2. The average molecular weight is 253 g/mol. The second kappa shape index (κ2) is 4.06. The Morgan fingerprint density at radius 1 is 1.29 bits per heavy atom. The Bertz CT molecular complexity index is 326. The maximum absolute atomic E-state index is 3.79. The van der Waals surface area contributed by atoms with Gasteiger partial charge in [0.05, 0.1) is 0 Å². The second-order valence-electron chi connectivity index (χ2n) is 4.49. The molecule has 1 saturated carbocycles. The van der Waals surface area contributed by atoms with Crippen molar-refractivity contribution < 1.29 is 0 Å². The first-order valence-electron chi connectivity index (χ1n) is 5.38. The molecule has 0 bridgehead atoms. The van der Waals surface area contributed by atoms with Crippen molar-refractivity contribution in [1.82, 2.24) is 0 Å². The molecule has 2 rings (SSSR count). The number of aryl methyl sites for hydroxylation is 2. The first-order valence-corrected chi connectivity index (χ1v) is 6.29. The molecule has 0 spiro atoms. The number of hydrogen-bond acceptors (Lipinski definition) is 0. The Hall–Kier alpha value is -0.300. The van der Waals surface area contributed by atoms with Gasteiger partial charge in [0.1, 0.15) is 0 Å². The molecule has 1 aliphatic carbocycles. The van der Waals surface area contributed by atoms with Gasteiger partial charge >= 0.3 is 0 Å². The highest BCUT2D eigenvalue weighted by Crippen LogP contribution is 2.41. The lowest BCUT2D eigenvalue weighted by molar-refractivity contribution is 0.721. The fourth-order valence-corrected chi connectivity index (χ4v) is 2.56. The van der Waals surface area contributed by atoms with E-state index in [0.29, 0.717) is 4.83 Å². The molecule has 0 nitrogen and oxygen atoms in total. The van der Waals surface area contributed by atoms with E-state index in [1.807, 2.05) is 0 Å². The van der Waals surface area contributed by atoms with Gasteiger partial charge in [-0.25, -0.2) is 0 Å². The van der Waals surface area contributed by atoms with Crippen LogP contribution in [0.5, 0.6) is 0 Å². The van der Waals surface area contributed by atoms with Gasteiger partial charge in [-0.15, -0.1) is 0 Å². The lowest BCUT2D eigenvalue weighted by Gasteiger charge is -2.11. The van der Waals surface area contributed by atoms with Gasteiger partial charge in [0.15, 0.2) is 0 Å². The molecule has 1 heteroatoms. The van der Waals surface area contributed by atoms with Crippen molar-refractivity contribution >= 4 is 15.9 Å². The van der Waals surface area contributed by atoms with Gasteiger partial charge in [0.25, 0.3) is 0 Å². The van der Waals surface area contributed by atoms with Gasteiger partial charge in [0.2, 0.25) is 0 Å². The number of hydrogen-bond donors (Lipinski definition) is 0.